The van der Waals surface area contributed by atoms with Crippen LogP contribution in [0.25, 0.3) is 11.2 Å². The molecule has 39 heavy (non-hydrogen) atoms. The molecular formula is C29H25ClFN5O3. The quantitative estimate of drug-likeness (QED) is 0.299. The fourth-order valence-electron chi connectivity index (χ4n) is 5.02. The number of imidazole rings is 1. The van der Waals surface area contributed by atoms with E-state index in [0.29, 0.717) is 30.3 Å². The van der Waals surface area contributed by atoms with Crippen molar-refractivity contribution in [3.05, 3.63) is 110 Å². The van der Waals surface area contributed by atoms with Gasteiger partial charge in [-0.05, 0) is 54.4 Å². The van der Waals surface area contributed by atoms with Crippen LogP contribution < -0.4 is 20.9 Å². The number of halogens is 2. The summed E-state index contributed by atoms with van der Waals surface area (Å²) in [5.74, 6) is 1.61. The fourth-order valence-corrected chi connectivity index (χ4v) is 5.25. The summed E-state index contributed by atoms with van der Waals surface area (Å²) in [5, 5.41) is 0.152. The summed E-state index contributed by atoms with van der Waals surface area (Å²) in [4.78, 5) is 33.7. The third-order valence-corrected chi connectivity index (χ3v) is 7.30. The van der Waals surface area contributed by atoms with Gasteiger partial charge in [-0.25, -0.2) is 9.18 Å². The third-order valence-electron chi connectivity index (χ3n) is 6.95. The minimum atomic E-state index is -0.593. The zero-order valence-corrected chi connectivity index (χ0v) is 22.1. The van der Waals surface area contributed by atoms with Crippen molar-refractivity contribution in [2.24, 2.45) is 13.0 Å². The first-order valence-corrected chi connectivity index (χ1v) is 12.9. The zero-order valence-electron chi connectivity index (χ0n) is 21.3. The van der Waals surface area contributed by atoms with Crippen LogP contribution in [0.2, 0.25) is 5.02 Å². The van der Waals surface area contributed by atoms with Gasteiger partial charge in [0.2, 0.25) is 5.95 Å². The van der Waals surface area contributed by atoms with E-state index < -0.39 is 17.1 Å². The van der Waals surface area contributed by atoms with Crippen LogP contribution in [-0.2, 0) is 20.1 Å². The normalized spacial score (nSPS) is 15.0. The summed E-state index contributed by atoms with van der Waals surface area (Å²) < 4.78 is 24.6. The smallest absolute Gasteiger partial charge is 0.332 e. The second-order valence-electron chi connectivity index (χ2n) is 9.75. The molecule has 0 N–H and O–H groups in total. The molecule has 6 rings (SSSR count). The van der Waals surface area contributed by atoms with Crippen LogP contribution in [0.4, 0.5) is 16.0 Å². The summed E-state index contributed by atoms with van der Waals surface area (Å²) in [6, 6.07) is 21.5. The molecule has 0 radical (unpaired) electrons. The van der Waals surface area contributed by atoms with Crippen molar-refractivity contribution in [3.63, 3.8) is 0 Å². The fraction of sp³-hybridized carbons (Fsp3) is 0.207. The van der Waals surface area contributed by atoms with E-state index in [1.54, 1.807) is 7.05 Å². The van der Waals surface area contributed by atoms with Crippen molar-refractivity contribution in [2.45, 2.75) is 20.0 Å². The molecule has 198 valence electrons. The highest BCUT2D eigenvalue weighted by Crippen LogP contribution is 2.34. The van der Waals surface area contributed by atoms with Gasteiger partial charge in [-0.3, -0.25) is 13.9 Å². The van der Waals surface area contributed by atoms with Gasteiger partial charge in [0.15, 0.2) is 11.2 Å². The molecule has 10 heteroatoms. The average molecular weight is 546 g/mol. The van der Waals surface area contributed by atoms with Crippen molar-refractivity contribution in [2.75, 3.05) is 11.4 Å². The van der Waals surface area contributed by atoms with Gasteiger partial charge in [0.25, 0.3) is 5.56 Å². The lowest BCUT2D eigenvalue weighted by atomic mass is 10.1. The van der Waals surface area contributed by atoms with Gasteiger partial charge in [0.1, 0.15) is 17.3 Å². The minimum Gasteiger partial charge on any atom is -0.457 e. The Morgan fingerprint density at radius 1 is 0.974 bits per heavy atom. The number of ether oxygens (including phenoxy) is 1. The molecular weight excluding hydrogens is 521 g/mol. The highest BCUT2D eigenvalue weighted by atomic mass is 35.5. The molecule has 0 amide bonds. The molecule has 0 fully saturated rings. The van der Waals surface area contributed by atoms with Crippen LogP contribution in [0.15, 0.2) is 82.4 Å². The van der Waals surface area contributed by atoms with Crippen molar-refractivity contribution in [1.29, 1.82) is 0 Å². The SMILES string of the molecule is C[C@@H]1CN(c2ccc(Oc3ccccc3)cc2)c2nc3c(c(=O)n(Cc4c(F)cccc4Cl)c(=O)n3C)n2C1. The van der Waals surface area contributed by atoms with Crippen molar-refractivity contribution in [1.82, 2.24) is 18.7 Å². The molecule has 2 aromatic heterocycles. The van der Waals surface area contributed by atoms with E-state index in [2.05, 4.69) is 6.92 Å². The minimum absolute atomic E-state index is 0.0869. The van der Waals surface area contributed by atoms with E-state index in [-0.39, 0.29) is 28.7 Å². The Morgan fingerprint density at radius 3 is 2.41 bits per heavy atom. The number of benzene rings is 3. The predicted molar refractivity (Wildman–Crippen MR) is 149 cm³/mol. The molecule has 0 aliphatic carbocycles. The van der Waals surface area contributed by atoms with Crippen LogP contribution in [-0.4, -0.2) is 25.2 Å². The van der Waals surface area contributed by atoms with E-state index in [1.807, 2.05) is 64.1 Å². The predicted octanol–water partition coefficient (Wildman–Crippen LogP) is 5.32. The topological polar surface area (TPSA) is 74.3 Å². The number of rotatable bonds is 5. The Kier molecular flexibility index (Phi) is 6.23. The van der Waals surface area contributed by atoms with Gasteiger partial charge in [-0.15, -0.1) is 0 Å². The number of hydrogen-bond acceptors (Lipinski definition) is 5. The van der Waals surface area contributed by atoms with Gasteiger partial charge in [0.05, 0.1) is 6.54 Å². The average Bonchev–Trinajstić information content (AvgIpc) is 3.31. The lowest BCUT2D eigenvalue weighted by Crippen LogP contribution is -2.40. The zero-order chi connectivity index (χ0) is 27.3. The monoisotopic (exact) mass is 545 g/mol. The molecule has 1 aliphatic rings. The molecule has 0 bridgehead atoms. The maximum Gasteiger partial charge on any atom is 0.332 e. The summed E-state index contributed by atoms with van der Waals surface area (Å²) in [5.41, 5.74) is 0.404. The van der Waals surface area contributed by atoms with Crippen LogP contribution in [0, 0.1) is 11.7 Å². The van der Waals surface area contributed by atoms with Crippen LogP contribution in [0.3, 0.4) is 0 Å². The number of anilines is 2. The molecule has 0 spiro atoms. The van der Waals surface area contributed by atoms with Crippen LogP contribution in [0.5, 0.6) is 11.5 Å². The molecule has 3 heterocycles. The number of aryl methyl sites for hydroxylation is 1. The molecule has 1 aliphatic heterocycles. The Labute approximate surface area is 228 Å². The van der Waals surface area contributed by atoms with Crippen molar-refractivity contribution >= 4 is 34.4 Å². The van der Waals surface area contributed by atoms with E-state index in [1.165, 1.54) is 22.8 Å². The first-order valence-electron chi connectivity index (χ1n) is 12.5. The first-order chi connectivity index (χ1) is 18.8. The standard InChI is InChI=1S/C29H25ClFN5O3/c1-18-15-34(19-11-13-21(14-12-19)39-20-7-4-3-5-8-20)28-32-26-25(35(28)16-18)27(37)36(29(38)33(26)2)17-22-23(30)9-6-10-24(22)31/h3-14,18H,15-17H2,1-2H3/t18-/m1/s1. The second-order valence-corrected chi connectivity index (χ2v) is 10.2. The highest BCUT2D eigenvalue weighted by Gasteiger charge is 2.30. The second kappa shape index (κ2) is 9.74. The summed E-state index contributed by atoms with van der Waals surface area (Å²) in [6.45, 7) is 3.03. The number of aromatic nitrogens is 4. The molecule has 8 nitrogen and oxygen atoms in total. The highest BCUT2D eigenvalue weighted by molar-refractivity contribution is 6.31. The Morgan fingerprint density at radius 2 is 1.69 bits per heavy atom. The number of nitrogens with zero attached hydrogens (tertiary/aromatic N) is 5. The van der Waals surface area contributed by atoms with Crippen molar-refractivity contribution < 1.29 is 9.13 Å². The molecule has 0 saturated heterocycles. The molecule has 3 aromatic carbocycles. The van der Waals surface area contributed by atoms with E-state index in [4.69, 9.17) is 21.3 Å². The van der Waals surface area contributed by atoms with Crippen molar-refractivity contribution in [3.8, 4) is 11.5 Å². The maximum absolute atomic E-state index is 14.5. The molecule has 0 unspecified atom stereocenters. The number of fused-ring (bicyclic) bond motifs is 3. The first kappa shape index (κ1) is 24.9. The van der Waals surface area contributed by atoms with Gasteiger partial charge < -0.3 is 14.2 Å². The summed E-state index contributed by atoms with van der Waals surface area (Å²) in [7, 11) is 1.56. The maximum atomic E-state index is 14.5. The Bertz CT molecular complexity index is 1790. The Hall–Kier alpha value is -4.37. The van der Waals surface area contributed by atoms with Crippen LogP contribution in [0.1, 0.15) is 12.5 Å². The Balaban J connectivity index is 1.43. The van der Waals surface area contributed by atoms with E-state index in [9.17, 15) is 14.0 Å². The van der Waals surface area contributed by atoms with Gasteiger partial charge in [0, 0.05) is 36.4 Å². The van der Waals surface area contributed by atoms with Gasteiger partial charge in [-0.2, -0.15) is 4.98 Å². The van der Waals surface area contributed by atoms with E-state index >= 15 is 0 Å². The van der Waals surface area contributed by atoms with Crippen LogP contribution >= 0.6 is 11.6 Å². The number of hydrogen-bond donors (Lipinski definition) is 0. The third kappa shape index (κ3) is 4.38. The molecule has 0 saturated carbocycles. The van der Waals surface area contributed by atoms with Gasteiger partial charge in [-0.1, -0.05) is 42.8 Å². The largest absolute Gasteiger partial charge is 0.457 e. The number of para-hydroxylation sites is 1. The summed E-state index contributed by atoms with van der Waals surface area (Å²) >= 11 is 6.20. The lowest BCUT2D eigenvalue weighted by molar-refractivity contribution is 0.457. The lowest BCUT2D eigenvalue weighted by Gasteiger charge is -2.33. The van der Waals surface area contributed by atoms with Gasteiger partial charge >= 0.3 is 5.69 Å². The molecule has 1 atom stereocenters. The van der Waals surface area contributed by atoms with E-state index in [0.717, 1.165) is 16.0 Å². The molecule has 5 aromatic rings. The summed E-state index contributed by atoms with van der Waals surface area (Å²) in [6.07, 6.45) is 0.